The van der Waals surface area contributed by atoms with Gasteiger partial charge in [-0.25, -0.2) is 0 Å². The van der Waals surface area contributed by atoms with Crippen LogP contribution in [0.1, 0.15) is 41.4 Å². The number of nitrogens with one attached hydrogen (secondary N) is 1. The number of carbonyl (C=O) groups excluding carboxylic acids is 1. The summed E-state index contributed by atoms with van der Waals surface area (Å²) in [6.07, 6.45) is 2.12. The van der Waals surface area contributed by atoms with Crippen LogP contribution in [0.25, 0.3) is 10.9 Å². The van der Waals surface area contributed by atoms with Crippen molar-refractivity contribution >= 4 is 29.1 Å². The van der Waals surface area contributed by atoms with Gasteiger partial charge >= 0.3 is 0 Å². The second kappa shape index (κ2) is 4.29. The molecule has 18 heavy (non-hydrogen) atoms. The highest BCUT2D eigenvalue weighted by atomic mass is 16.1. The van der Waals surface area contributed by atoms with E-state index in [2.05, 4.69) is 13.8 Å². The Morgan fingerprint density at radius 2 is 2.06 bits per heavy atom. The maximum atomic E-state index is 11.3. The van der Waals surface area contributed by atoms with E-state index in [-0.39, 0.29) is 5.92 Å². The van der Waals surface area contributed by atoms with Crippen molar-refractivity contribution in [2.45, 2.75) is 19.8 Å². The molecule has 94 valence electrons. The average Bonchev–Trinajstić information content (AvgIpc) is 2.60. The molecule has 2 aromatic rings. The van der Waals surface area contributed by atoms with Crippen molar-refractivity contribution in [2.24, 2.45) is 7.05 Å². The second-order valence-electron chi connectivity index (χ2n) is 4.77. The summed E-state index contributed by atoms with van der Waals surface area (Å²) in [5, 5.41) is 8.20. The standard InChI is InChI=1S/C14H17N3O/c1-8(2)14-11(7-18)10-5-12(16)9(6-15)4-13(10)17(14)3/h4-8,15H,16H2,1-3H3. The van der Waals surface area contributed by atoms with Gasteiger partial charge in [-0.05, 0) is 18.1 Å². The van der Waals surface area contributed by atoms with Crippen LogP contribution in [0.3, 0.4) is 0 Å². The molecule has 0 bridgehead atoms. The van der Waals surface area contributed by atoms with Crippen molar-refractivity contribution in [3.05, 3.63) is 29.0 Å². The third-order valence-electron chi connectivity index (χ3n) is 3.31. The van der Waals surface area contributed by atoms with Crippen LogP contribution in [-0.2, 0) is 7.05 Å². The largest absolute Gasteiger partial charge is 0.398 e. The van der Waals surface area contributed by atoms with Crippen LogP contribution in [-0.4, -0.2) is 17.1 Å². The smallest absolute Gasteiger partial charge is 0.152 e. The predicted molar refractivity (Wildman–Crippen MR) is 74.7 cm³/mol. The van der Waals surface area contributed by atoms with Crippen molar-refractivity contribution in [2.75, 3.05) is 5.73 Å². The molecule has 0 amide bonds. The van der Waals surface area contributed by atoms with Crippen LogP contribution in [0.15, 0.2) is 12.1 Å². The molecule has 0 fully saturated rings. The zero-order chi connectivity index (χ0) is 13.4. The van der Waals surface area contributed by atoms with Gasteiger partial charge in [-0.1, -0.05) is 13.8 Å². The summed E-state index contributed by atoms with van der Waals surface area (Å²) < 4.78 is 2.01. The Kier molecular flexibility index (Phi) is 2.95. The van der Waals surface area contributed by atoms with Gasteiger partial charge in [0, 0.05) is 46.7 Å². The van der Waals surface area contributed by atoms with E-state index in [1.54, 1.807) is 6.07 Å². The van der Waals surface area contributed by atoms with Gasteiger partial charge in [-0.15, -0.1) is 0 Å². The van der Waals surface area contributed by atoms with Crippen LogP contribution in [0.5, 0.6) is 0 Å². The van der Waals surface area contributed by atoms with Crippen molar-refractivity contribution in [1.82, 2.24) is 4.57 Å². The molecular formula is C14H17N3O. The van der Waals surface area contributed by atoms with Crippen molar-refractivity contribution in [1.29, 1.82) is 5.41 Å². The van der Waals surface area contributed by atoms with E-state index in [0.717, 1.165) is 22.9 Å². The highest BCUT2D eigenvalue weighted by Gasteiger charge is 2.18. The SMILES string of the molecule is CC(C)c1c(C=O)c2cc(N)c(C=N)cc2n1C. The van der Waals surface area contributed by atoms with Crippen molar-refractivity contribution in [3.63, 3.8) is 0 Å². The van der Waals surface area contributed by atoms with Gasteiger partial charge in [0.2, 0.25) is 0 Å². The molecule has 0 spiro atoms. The first kappa shape index (κ1) is 12.4. The predicted octanol–water partition coefficient (Wildman–Crippen LogP) is 2.69. The van der Waals surface area contributed by atoms with Gasteiger partial charge in [0.1, 0.15) is 0 Å². The number of fused-ring (bicyclic) bond motifs is 1. The number of aldehydes is 1. The van der Waals surface area contributed by atoms with E-state index in [1.165, 1.54) is 6.21 Å². The molecule has 1 heterocycles. The molecule has 2 rings (SSSR count). The number of aromatic nitrogens is 1. The Labute approximate surface area is 106 Å². The molecular weight excluding hydrogens is 226 g/mol. The van der Waals surface area contributed by atoms with Crippen LogP contribution < -0.4 is 5.73 Å². The molecule has 1 aromatic heterocycles. The maximum absolute atomic E-state index is 11.3. The summed E-state index contributed by atoms with van der Waals surface area (Å²) in [6, 6.07) is 3.64. The maximum Gasteiger partial charge on any atom is 0.152 e. The molecule has 1 aromatic carbocycles. The van der Waals surface area contributed by atoms with Crippen LogP contribution in [0.4, 0.5) is 5.69 Å². The van der Waals surface area contributed by atoms with E-state index >= 15 is 0 Å². The lowest BCUT2D eigenvalue weighted by Gasteiger charge is -2.08. The number of benzene rings is 1. The fourth-order valence-corrected chi connectivity index (χ4v) is 2.51. The monoisotopic (exact) mass is 243 g/mol. The normalized spacial score (nSPS) is 11.1. The van der Waals surface area contributed by atoms with Gasteiger partial charge in [0.05, 0.1) is 0 Å². The minimum atomic E-state index is 0.257. The lowest BCUT2D eigenvalue weighted by molar-refractivity contribution is 0.112. The van der Waals surface area contributed by atoms with Crippen molar-refractivity contribution < 1.29 is 4.79 Å². The zero-order valence-electron chi connectivity index (χ0n) is 10.8. The molecule has 0 saturated heterocycles. The number of nitrogens with two attached hydrogens (primary N) is 1. The van der Waals surface area contributed by atoms with Crippen LogP contribution in [0.2, 0.25) is 0 Å². The third-order valence-corrected chi connectivity index (χ3v) is 3.31. The van der Waals surface area contributed by atoms with Crippen LogP contribution in [0, 0.1) is 5.41 Å². The molecule has 0 radical (unpaired) electrons. The molecule has 0 aliphatic carbocycles. The first-order valence-corrected chi connectivity index (χ1v) is 5.88. The summed E-state index contributed by atoms with van der Waals surface area (Å²) in [6.45, 7) is 4.12. The van der Waals surface area contributed by atoms with Gasteiger partial charge in [0.25, 0.3) is 0 Å². The number of anilines is 1. The van der Waals surface area contributed by atoms with Gasteiger partial charge in [-0.2, -0.15) is 0 Å². The van der Waals surface area contributed by atoms with E-state index in [9.17, 15) is 4.79 Å². The molecule has 0 aliphatic heterocycles. The summed E-state index contributed by atoms with van der Waals surface area (Å²) in [4.78, 5) is 11.3. The topological polar surface area (TPSA) is 71.9 Å². The lowest BCUT2D eigenvalue weighted by atomic mass is 10.0. The Hall–Kier alpha value is -2.10. The average molecular weight is 243 g/mol. The first-order chi connectivity index (χ1) is 8.51. The highest BCUT2D eigenvalue weighted by Crippen LogP contribution is 2.31. The molecule has 4 nitrogen and oxygen atoms in total. The number of aryl methyl sites for hydroxylation is 1. The first-order valence-electron chi connectivity index (χ1n) is 5.88. The molecule has 0 unspecified atom stereocenters. The molecule has 0 saturated carbocycles. The molecule has 4 heteroatoms. The summed E-state index contributed by atoms with van der Waals surface area (Å²) in [7, 11) is 1.94. The molecule has 3 N–H and O–H groups in total. The van der Waals surface area contributed by atoms with Crippen molar-refractivity contribution in [3.8, 4) is 0 Å². The number of hydrogen-bond acceptors (Lipinski definition) is 3. The van der Waals surface area contributed by atoms with E-state index < -0.39 is 0 Å². The van der Waals surface area contributed by atoms with E-state index in [0.29, 0.717) is 16.8 Å². The minimum absolute atomic E-state index is 0.257. The van der Waals surface area contributed by atoms with E-state index in [1.807, 2.05) is 17.7 Å². The number of nitrogens with zero attached hydrogens (tertiary/aromatic N) is 1. The Balaban J connectivity index is 2.94. The number of nitrogen functional groups attached to an aromatic ring is 1. The fourth-order valence-electron chi connectivity index (χ4n) is 2.51. The molecule has 0 atom stereocenters. The molecule has 0 aliphatic rings. The summed E-state index contributed by atoms with van der Waals surface area (Å²) >= 11 is 0. The fraction of sp³-hybridized carbons (Fsp3) is 0.286. The lowest BCUT2D eigenvalue weighted by Crippen LogP contribution is -2.01. The number of carbonyl (C=O) groups is 1. The Morgan fingerprint density at radius 3 is 2.56 bits per heavy atom. The quantitative estimate of drug-likeness (QED) is 0.494. The highest BCUT2D eigenvalue weighted by molar-refractivity contribution is 6.04. The second-order valence-corrected chi connectivity index (χ2v) is 4.77. The Bertz CT molecular complexity index is 638. The summed E-state index contributed by atoms with van der Waals surface area (Å²) in [5.74, 6) is 0.257. The van der Waals surface area contributed by atoms with Gasteiger partial charge in [-0.3, -0.25) is 4.79 Å². The van der Waals surface area contributed by atoms with Gasteiger partial charge < -0.3 is 15.7 Å². The van der Waals surface area contributed by atoms with Crippen LogP contribution >= 0.6 is 0 Å². The van der Waals surface area contributed by atoms with Gasteiger partial charge in [0.15, 0.2) is 6.29 Å². The van der Waals surface area contributed by atoms with E-state index in [4.69, 9.17) is 11.1 Å². The third kappa shape index (κ3) is 1.61. The zero-order valence-corrected chi connectivity index (χ0v) is 10.8. The Morgan fingerprint density at radius 1 is 1.39 bits per heavy atom. The minimum Gasteiger partial charge on any atom is -0.398 e. The number of hydrogen-bond donors (Lipinski definition) is 2. The number of rotatable bonds is 3. The summed E-state index contributed by atoms with van der Waals surface area (Å²) in [5.41, 5.74) is 9.73.